The Bertz CT molecular complexity index is 195. The molecule has 0 aromatic rings. The third-order valence-corrected chi connectivity index (χ3v) is 3.47. The summed E-state index contributed by atoms with van der Waals surface area (Å²) >= 11 is 0. The number of unbranched alkanes of at least 4 members (excludes halogenated alkanes) is 4. The van der Waals surface area contributed by atoms with Gasteiger partial charge < -0.3 is 10.8 Å². The maximum Gasteiger partial charge on any atom is 0.220 e. The van der Waals surface area contributed by atoms with Gasteiger partial charge in [-0.2, -0.15) is 0 Å². The van der Waals surface area contributed by atoms with Gasteiger partial charge in [-0.1, -0.05) is 52.4 Å². The van der Waals surface area contributed by atoms with Gasteiger partial charge in [0, 0.05) is 12.5 Å². The molecule has 0 radical (unpaired) electrons. The minimum Gasteiger partial charge on any atom is -0.396 e. The Hall–Kier alpha value is -0.570. The Balaban J connectivity index is 4.12. The molecule has 1 amide bonds. The zero-order chi connectivity index (χ0) is 13.1. The van der Waals surface area contributed by atoms with Crippen molar-refractivity contribution in [1.82, 2.24) is 0 Å². The highest BCUT2D eigenvalue weighted by atomic mass is 16.3. The molecule has 0 rings (SSSR count). The van der Waals surface area contributed by atoms with Gasteiger partial charge in [-0.25, -0.2) is 0 Å². The van der Waals surface area contributed by atoms with E-state index in [2.05, 4.69) is 13.8 Å². The second-order valence-electron chi connectivity index (χ2n) is 4.94. The number of aliphatic hydroxyl groups is 1. The lowest BCUT2D eigenvalue weighted by Crippen LogP contribution is -2.32. The number of carbonyl (C=O) groups is 1. The van der Waals surface area contributed by atoms with Crippen LogP contribution in [0.1, 0.15) is 65.2 Å². The Morgan fingerprint density at radius 2 is 1.71 bits per heavy atom. The molecule has 3 nitrogen and oxygen atoms in total. The number of carbonyl (C=O) groups excluding carboxylic acids is 1. The SMILES string of the molecule is CCCCCCC(C(N)=O)C(CO)CCCC. The molecule has 0 aromatic carbocycles. The summed E-state index contributed by atoms with van der Waals surface area (Å²) in [6.07, 6.45) is 8.52. The van der Waals surface area contributed by atoms with Gasteiger partial charge in [0.05, 0.1) is 0 Å². The molecule has 102 valence electrons. The van der Waals surface area contributed by atoms with Crippen molar-refractivity contribution in [3.63, 3.8) is 0 Å². The van der Waals surface area contributed by atoms with Crippen LogP contribution in [0.25, 0.3) is 0 Å². The molecule has 0 heterocycles. The van der Waals surface area contributed by atoms with Crippen LogP contribution in [0.15, 0.2) is 0 Å². The van der Waals surface area contributed by atoms with Crippen LogP contribution in [0, 0.1) is 11.8 Å². The van der Waals surface area contributed by atoms with Crippen molar-refractivity contribution in [2.45, 2.75) is 65.2 Å². The van der Waals surface area contributed by atoms with Gasteiger partial charge in [0.25, 0.3) is 0 Å². The summed E-state index contributed by atoms with van der Waals surface area (Å²) in [6, 6.07) is 0. The molecular formula is C14H29NO2. The van der Waals surface area contributed by atoms with E-state index in [9.17, 15) is 9.90 Å². The van der Waals surface area contributed by atoms with Crippen molar-refractivity contribution in [3.8, 4) is 0 Å². The Kier molecular flexibility index (Phi) is 10.2. The van der Waals surface area contributed by atoms with Gasteiger partial charge in [-0.05, 0) is 18.8 Å². The molecule has 3 N–H and O–H groups in total. The molecule has 2 atom stereocenters. The van der Waals surface area contributed by atoms with Crippen LogP contribution in [0.4, 0.5) is 0 Å². The summed E-state index contributed by atoms with van der Waals surface area (Å²) in [5, 5.41) is 9.37. The third-order valence-electron chi connectivity index (χ3n) is 3.47. The van der Waals surface area contributed by atoms with E-state index < -0.39 is 0 Å². The van der Waals surface area contributed by atoms with Gasteiger partial charge in [-0.15, -0.1) is 0 Å². The second-order valence-corrected chi connectivity index (χ2v) is 4.94. The van der Waals surface area contributed by atoms with Crippen molar-refractivity contribution < 1.29 is 9.90 Å². The first-order valence-electron chi connectivity index (χ1n) is 7.07. The molecule has 0 bridgehead atoms. The van der Waals surface area contributed by atoms with Crippen LogP contribution in [-0.2, 0) is 4.79 Å². The molecule has 0 aromatic heterocycles. The van der Waals surface area contributed by atoms with Gasteiger partial charge in [-0.3, -0.25) is 4.79 Å². The zero-order valence-electron chi connectivity index (χ0n) is 11.5. The quantitative estimate of drug-likeness (QED) is 0.548. The molecule has 0 aliphatic rings. The van der Waals surface area contributed by atoms with E-state index in [1.165, 1.54) is 12.8 Å². The van der Waals surface area contributed by atoms with E-state index >= 15 is 0 Å². The first-order valence-corrected chi connectivity index (χ1v) is 7.07. The molecular weight excluding hydrogens is 214 g/mol. The monoisotopic (exact) mass is 243 g/mol. The van der Waals surface area contributed by atoms with Gasteiger partial charge in [0.2, 0.25) is 5.91 Å². The predicted molar refractivity (Wildman–Crippen MR) is 71.5 cm³/mol. The van der Waals surface area contributed by atoms with E-state index in [0.717, 1.165) is 38.5 Å². The molecule has 2 unspecified atom stereocenters. The standard InChI is InChI=1S/C14H29NO2/c1-3-5-7-8-10-13(14(15)17)12(11-16)9-6-4-2/h12-13,16H,3-11H2,1-2H3,(H2,15,17). The van der Waals surface area contributed by atoms with Crippen LogP contribution < -0.4 is 5.73 Å². The second kappa shape index (κ2) is 10.6. The Morgan fingerprint density at radius 3 is 2.18 bits per heavy atom. The Labute approximate surface area is 106 Å². The summed E-state index contributed by atoms with van der Waals surface area (Å²) < 4.78 is 0. The Morgan fingerprint density at radius 1 is 1.06 bits per heavy atom. The fraction of sp³-hybridized carbons (Fsp3) is 0.929. The van der Waals surface area contributed by atoms with Crippen molar-refractivity contribution >= 4 is 5.91 Å². The van der Waals surface area contributed by atoms with Crippen LogP contribution in [0.3, 0.4) is 0 Å². The van der Waals surface area contributed by atoms with E-state index in [0.29, 0.717) is 0 Å². The zero-order valence-corrected chi connectivity index (χ0v) is 11.5. The minimum atomic E-state index is -0.239. The van der Waals surface area contributed by atoms with Crippen LogP contribution in [-0.4, -0.2) is 17.6 Å². The topological polar surface area (TPSA) is 63.3 Å². The lowest BCUT2D eigenvalue weighted by molar-refractivity contribution is -0.124. The summed E-state index contributed by atoms with van der Waals surface area (Å²) in [6.45, 7) is 4.37. The molecule has 0 saturated heterocycles. The predicted octanol–water partition coefficient (Wildman–Crippen LogP) is 2.86. The fourth-order valence-corrected chi connectivity index (χ4v) is 2.29. The van der Waals surface area contributed by atoms with Crippen LogP contribution in [0.5, 0.6) is 0 Å². The third kappa shape index (κ3) is 7.37. The summed E-state index contributed by atoms with van der Waals surface area (Å²) in [4.78, 5) is 11.4. The highest BCUT2D eigenvalue weighted by molar-refractivity contribution is 5.76. The molecule has 17 heavy (non-hydrogen) atoms. The number of hydrogen-bond acceptors (Lipinski definition) is 2. The summed E-state index contributed by atoms with van der Waals surface area (Å²) in [7, 11) is 0. The van der Waals surface area contributed by atoms with Crippen molar-refractivity contribution in [2.75, 3.05) is 6.61 Å². The van der Waals surface area contributed by atoms with Crippen molar-refractivity contribution in [1.29, 1.82) is 0 Å². The average molecular weight is 243 g/mol. The largest absolute Gasteiger partial charge is 0.396 e. The number of hydrogen-bond donors (Lipinski definition) is 2. The first-order chi connectivity index (χ1) is 8.17. The molecule has 0 saturated carbocycles. The molecule has 0 fully saturated rings. The number of rotatable bonds is 11. The van der Waals surface area contributed by atoms with E-state index in [1.807, 2.05) is 0 Å². The minimum absolute atomic E-state index is 0.0640. The molecule has 0 aliphatic heterocycles. The van der Waals surface area contributed by atoms with E-state index in [-0.39, 0.29) is 24.3 Å². The van der Waals surface area contributed by atoms with E-state index in [1.54, 1.807) is 0 Å². The fourth-order valence-electron chi connectivity index (χ4n) is 2.29. The summed E-state index contributed by atoms with van der Waals surface area (Å²) in [5.41, 5.74) is 5.45. The van der Waals surface area contributed by atoms with E-state index in [4.69, 9.17) is 5.73 Å². The highest BCUT2D eigenvalue weighted by Gasteiger charge is 2.24. The van der Waals surface area contributed by atoms with Gasteiger partial charge in [0.15, 0.2) is 0 Å². The maximum atomic E-state index is 11.4. The average Bonchev–Trinajstić information content (AvgIpc) is 2.32. The summed E-state index contributed by atoms with van der Waals surface area (Å²) in [5.74, 6) is -0.311. The van der Waals surface area contributed by atoms with Crippen LogP contribution in [0.2, 0.25) is 0 Å². The van der Waals surface area contributed by atoms with Crippen molar-refractivity contribution in [3.05, 3.63) is 0 Å². The van der Waals surface area contributed by atoms with Gasteiger partial charge in [0.1, 0.15) is 0 Å². The number of nitrogens with two attached hydrogens (primary N) is 1. The normalized spacial score (nSPS) is 14.5. The van der Waals surface area contributed by atoms with Crippen LogP contribution >= 0.6 is 0 Å². The molecule has 3 heteroatoms. The highest BCUT2D eigenvalue weighted by Crippen LogP contribution is 2.24. The van der Waals surface area contributed by atoms with Crippen molar-refractivity contribution in [2.24, 2.45) is 17.6 Å². The first kappa shape index (κ1) is 16.4. The lowest BCUT2D eigenvalue weighted by atomic mass is 9.84. The molecule has 0 spiro atoms. The number of primary amides is 1. The number of aliphatic hydroxyl groups excluding tert-OH is 1. The lowest BCUT2D eigenvalue weighted by Gasteiger charge is -2.22. The van der Waals surface area contributed by atoms with Gasteiger partial charge >= 0.3 is 0 Å². The smallest absolute Gasteiger partial charge is 0.220 e. The number of amides is 1. The molecule has 0 aliphatic carbocycles. The maximum absolute atomic E-state index is 11.4.